The first kappa shape index (κ1) is 19.6. The number of nitrogens with one attached hydrogen (secondary N) is 1. The number of carbonyl (C=O) groups excluding carboxylic acids is 1. The Bertz CT molecular complexity index is 995. The number of aromatic nitrogens is 1. The number of ketones is 1. The van der Waals surface area contributed by atoms with Crippen molar-refractivity contribution in [2.75, 3.05) is 12.8 Å². The first-order valence-electron chi connectivity index (χ1n) is 8.04. The van der Waals surface area contributed by atoms with E-state index in [1.807, 2.05) is 13.0 Å². The molecule has 0 bridgehead atoms. The summed E-state index contributed by atoms with van der Waals surface area (Å²) in [6, 6.07) is 9.07. The molecule has 3 aromatic rings. The number of nitrogens with zero attached hydrogens (tertiary/aromatic N) is 1. The van der Waals surface area contributed by atoms with Gasteiger partial charge in [0, 0.05) is 36.0 Å². The summed E-state index contributed by atoms with van der Waals surface area (Å²) >= 11 is 13.7. The van der Waals surface area contributed by atoms with Crippen LogP contribution in [-0.4, -0.2) is 27.4 Å². The van der Waals surface area contributed by atoms with Gasteiger partial charge in [0.1, 0.15) is 4.83 Å². The number of thiophene rings is 1. The molecule has 1 aromatic carbocycles. The molecule has 1 atom stereocenters. The first-order valence-corrected chi connectivity index (χ1v) is 11.2. The van der Waals surface area contributed by atoms with Crippen LogP contribution in [0.3, 0.4) is 0 Å². The van der Waals surface area contributed by atoms with Gasteiger partial charge in [0.15, 0.2) is 0 Å². The molecular formula is C18H18Cl2N2O2S2. The summed E-state index contributed by atoms with van der Waals surface area (Å²) < 4.78 is 16.2. The fourth-order valence-corrected chi connectivity index (χ4v) is 4.82. The third-order valence-electron chi connectivity index (χ3n) is 4.06. The van der Waals surface area contributed by atoms with Crippen molar-refractivity contribution in [3.05, 3.63) is 56.5 Å². The highest BCUT2D eigenvalue weighted by Crippen LogP contribution is 2.33. The van der Waals surface area contributed by atoms with Gasteiger partial charge in [-0.3, -0.25) is 4.79 Å². The van der Waals surface area contributed by atoms with Crippen molar-refractivity contribution in [2.45, 2.75) is 19.9 Å². The molecule has 0 amide bonds. The van der Waals surface area contributed by atoms with Gasteiger partial charge in [-0.2, -0.15) is 0 Å². The van der Waals surface area contributed by atoms with Gasteiger partial charge in [0.25, 0.3) is 0 Å². The van der Waals surface area contributed by atoms with Crippen molar-refractivity contribution in [2.24, 2.45) is 0 Å². The molecule has 8 heteroatoms. The fourth-order valence-electron chi connectivity index (χ4n) is 2.83. The van der Waals surface area contributed by atoms with Crippen LogP contribution in [0.25, 0.3) is 10.2 Å². The third-order valence-corrected chi connectivity index (χ3v) is 6.66. The molecule has 0 saturated carbocycles. The van der Waals surface area contributed by atoms with E-state index in [2.05, 4.69) is 15.4 Å². The Hall–Kier alpha value is -1.18. The Morgan fingerprint density at radius 1 is 1.31 bits per heavy atom. The van der Waals surface area contributed by atoms with Crippen molar-refractivity contribution in [3.63, 3.8) is 0 Å². The minimum Gasteiger partial charge on any atom is -0.337 e. The Kier molecular flexibility index (Phi) is 6.20. The van der Waals surface area contributed by atoms with Gasteiger partial charge in [0.2, 0.25) is 5.78 Å². The van der Waals surface area contributed by atoms with Crippen LogP contribution in [0.2, 0.25) is 10.0 Å². The first-order chi connectivity index (χ1) is 12.4. The van der Waals surface area contributed by atoms with Gasteiger partial charge in [-0.15, -0.1) is 11.3 Å². The number of carbonyl (C=O) groups is 1. The maximum absolute atomic E-state index is 12.8. The van der Waals surface area contributed by atoms with Crippen molar-refractivity contribution < 1.29 is 9.00 Å². The van der Waals surface area contributed by atoms with Gasteiger partial charge < -0.3 is 4.57 Å². The number of rotatable bonds is 7. The standard InChI is InChI=1S/C18H18Cl2N2O2S2/c1-11-9-12-10-15(17(23)13-5-3-6-14(19)16(13)20)25-18(12)22(11)8-4-7-21-26(2)24/h3,5-6,9-10,21H,4,7-8H2,1-2H3. The molecule has 1 unspecified atom stereocenters. The second-order valence-corrected chi connectivity index (χ2v) is 8.95. The molecule has 0 radical (unpaired) electrons. The summed E-state index contributed by atoms with van der Waals surface area (Å²) in [5.74, 6) is -0.119. The van der Waals surface area contributed by atoms with Crippen LogP contribution in [0.4, 0.5) is 0 Å². The summed E-state index contributed by atoms with van der Waals surface area (Å²) in [5, 5.41) is 1.70. The van der Waals surface area contributed by atoms with Crippen molar-refractivity contribution in [3.8, 4) is 0 Å². The predicted octanol–water partition coefficient (Wildman–Crippen LogP) is 4.82. The lowest BCUT2D eigenvalue weighted by molar-refractivity contribution is 0.104. The van der Waals surface area contributed by atoms with Gasteiger partial charge in [0.05, 0.1) is 25.9 Å². The summed E-state index contributed by atoms with van der Waals surface area (Å²) in [5.41, 5.74) is 1.56. The SMILES string of the molecule is Cc1cc2cc(C(=O)c3cccc(Cl)c3Cl)sc2n1CCCNS(C)=O. The smallest absolute Gasteiger partial charge is 0.204 e. The number of aryl methyl sites for hydroxylation is 2. The molecule has 4 nitrogen and oxygen atoms in total. The van der Waals surface area contributed by atoms with Crippen LogP contribution < -0.4 is 4.72 Å². The van der Waals surface area contributed by atoms with Gasteiger partial charge in [-0.25, -0.2) is 8.93 Å². The van der Waals surface area contributed by atoms with Crippen LogP contribution in [0.1, 0.15) is 27.3 Å². The van der Waals surface area contributed by atoms with Crippen LogP contribution in [-0.2, 0) is 17.5 Å². The van der Waals surface area contributed by atoms with E-state index in [-0.39, 0.29) is 10.8 Å². The monoisotopic (exact) mass is 428 g/mol. The summed E-state index contributed by atoms with van der Waals surface area (Å²) in [4.78, 5) is 14.5. The molecule has 0 saturated heterocycles. The minimum atomic E-state index is -0.998. The van der Waals surface area contributed by atoms with E-state index in [4.69, 9.17) is 23.2 Å². The molecule has 3 rings (SSSR count). The molecule has 0 aliphatic carbocycles. The van der Waals surface area contributed by atoms with Crippen LogP contribution in [0, 0.1) is 6.92 Å². The second kappa shape index (κ2) is 8.23. The quantitative estimate of drug-likeness (QED) is 0.432. The summed E-state index contributed by atoms with van der Waals surface area (Å²) in [6.07, 6.45) is 2.47. The van der Waals surface area contributed by atoms with E-state index in [9.17, 15) is 9.00 Å². The average molecular weight is 429 g/mol. The zero-order chi connectivity index (χ0) is 18.8. The highest BCUT2D eigenvalue weighted by atomic mass is 35.5. The molecule has 2 heterocycles. The second-order valence-electron chi connectivity index (χ2n) is 5.94. The van der Waals surface area contributed by atoms with E-state index < -0.39 is 11.0 Å². The third kappa shape index (κ3) is 4.05. The average Bonchev–Trinajstić information content (AvgIpc) is 3.11. The summed E-state index contributed by atoms with van der Waals surface area (Å²) in [6.45, 7) is 3.52. The molecule has 0 aliphatic rings. The molecule has 0 spiro atoms. The lowest BCUT2D eigenvalue weighted by atomic mass is 10.1. The maximum atomic E-state index is 12.8. The van der Waals surface area contributed by atoms with Crippen molar-refractivity contribution >= 4 is 61.5 Å². The van der Waals surface area contributed by atoms with Crippen molar-refractivity contribution in [1.29, 1.82) is 0 Å². The Morgan fingerprint density at radius 3 is 2.81 bits per heavy atom. The number of fused-ring (bicyclic) bond motifs is 1. The number of hydrogen-bond acceptors (Lipinski definition) is 3. The van der Waals surface area contributed by atoms with Gasteiger partial charge >= 0.3 is 0 Å². The maximum Gasteiger partial charge on any atom is 0.204 e. The van der Waals surface area contributed by atoms with E-state index >= 15 is 0 Å². The zero-order valence-corrected chi connectivity index (χ0v) is 17.5. The van der Waals surface area contributed by atoms with Crippen molar-refractivity contribution in [1.82, 2.24) is 9.29 Å². The largest absolute Gasteiger partial charge is 0.337 e. The lowest BCUT2D eigenvalue weighted by Crippen LogP contribution is -2.18. The lowest BCUT2D eigenvalue weighted by Gasteiger charge is -2.07. The Labute approximate surface area is 168 Å². The van der Waals surface area contributed by atoms with Gasteiger partial charge in [-0.05, 0) is 37.6 Å². The molecule has 2 aromatic heterocycles. The highest BCUT2D eigenvalue weighted by molar-refractivity contribution is 7.82. The molecule has 0 aliphatic heterocycles. The number of hydrogen-bond donors (Lipinski definition) is 1. The molecule has 138 valence electrons. The van der Waals surface area contributed by atoms with E-state index in [1.165, 1.54) is 11.3 Å². The normalized spacial score (nSPS) is 12.6. The number of halogens is 2. The molecule has 26 heavy (non-hydrogen) atoms. The predicted molar refractivity (Wildman–Crippen MR) is 111 cm³/mol. The van der Waals surface area contributed by atoms with Crippen LogP contribution in [0.15, 0.2) is 30.3 Å². The van der Waals surface area contributed by atoms with E-state index in [1.54, 1.807) is 24.5 Å². The van der Waals surface area contributed by atoms with E-state index in [0.29, 0.717) is 22.0 Å². The zero-order valence-electron chi connectivity index (χ0n) is 14.3. The molecule has 1 N–H and O–H groups in total. The van der Waals surface area contributed by atoms with E-state index in [0.717, 1.165) is 28.9 Å². The van der Waals surface area contributed by atoms with Gasteiger partial charge in [-0.1, -0.05) is 29.3 Å². The Balaban J connectivity index is 1.86. The number of benzene rings is 1. The highest BCUT2D eigenvalue weighted by Gasteiger charge is 2.19. The topological polar surface area (TPSA) is 51.1 Å². The molecular weight excluding hydrogens is 411 g/mol. The van der Waals surface area contributed by atoms with Crippen LogP contribution in [0.5, 0.6) is 0 Å². The minimum absolute atomic E-state index is 0.119. The molecule has 0 fully saturated rings. The fraction of sp³-hybridized carbons (Fsp3) is 0.278. The Morgan fingerprint density at radius 2 is 2.08 bits per heavy atom. The van der Waals surface area contributed by atoms with Crippen LogP contribution >= 0.6 is 34.5 Å². The summed E-state index contributed by atoms with van der Waals surface area (Å²) in [7, 11) is -0.998.